The zero-order valence-corrected chi connectivity index (χ0v) is 4.76. The Morgan fingerprint density at radius 1 is 1.11 bits per heavy atom. The van der Waals surface area contributed by atoms with Gasteiger partial charge in [-0.15, -0.1) is 0 Å². The number of rotatable bonds is 1. The van der Waals surface area contributed by atoms with Gasteiger partial charge in [0.05, 0.1) is 0 Å². The summed E-state index contributed by atoms with van der Waals surface area (Å²) < 4.78 is 0. The molecule has 43 valence electrons. The Balaban J connectivity index is 4.54. The van der Waals surface area contributed by atoms with Crippen molar-refractivity contribution in [2.45, 2.75) is 6.42 Å². The first-order valence-corrected chi connectivity index (χ1v) is 2.27. The molecule has 0 aromatic rings. The molecule has 0 rings (SSSR count). The van der Waals surface area contributed by atoms with E-state index in [2.05, 4.69) is 6.92 Å². The van der Waals surface area contributed by atoms with Crippen molar-refractivity contribution >= 4 is 0 Å². The smallest absolute Gasteiger partial charge is 0.195 e. The zero-order valence-electron chi connectivity index (χ0n) is 4.76. The van der Waals surface area contributed by atoms with Crippen molar-refractivity contribution in [1.29, 1.82) is 15.8 Å². The molecule has 3 nitrogen and oxygen atoms in total. The van der Waals surface area contributed by atoms with E-state index in [1.165, 1.54) is 0 Å². The molecule has 0 saturated heterocycles. The average Bonchev–Trinajstić information content (AvgIpc) is 1.95. The van der Waals surface area contributed by atoms with Gasteiger partial charge in [0.25, 0.3) is 0 Å². The van der Waals surface area contributed by atoms with Crippen molar-refractivity contribution in [2.24, 2.45) is 5.41 Å². The summed E-state index contributed by atoms with van der Waals surface area (Å²) in [6, 6.07) is 4.74. The largest absolute Gasteiger partial charge is 0.228 e. The van der Waals surface area contributed by atoms with Gasteiger partial charge in [-0.05, 0) is 13.3 Å². The van der Waals surface area contributed by atoms with Crippen molar-refractivity contribution in [3.05, 3.63) is 6.92 Å². The minimum Gasteiger partial charge on any atom is -0.195 e. The first kappa shape index (κ1) is 7.47. The summed E-state index contributed by atoms with van der Waals surface area (Å²) in [5.74, 6) is 0. The molecule has 0 aliphatic carbocycles. The topological polar surface area (TPSA) is 71.4 Å². The predicted octanol–water partition coefficient (Wildman–Crippen LogP) is 0.768. The molecular weight excluding hydrogens is 114 g/mol. The minimum absolute atomic E-state index is 0.0104. The van der Waals surface area contributed by atoms with Gasteiger partial charge in [0.1, 0.15) is 18.2 Å². The van der Waals surface area contributed by atoms with Gasteiger partial charge >= 0.3 is 0 Å². The Labute approximate surface area is 53.7 Å². The lowest BCUT2D eigenvalue weighted by Crippen LogP contribution is -2.10. The third-order valence-electron chi connectivity index (χ3n) is 0.948. The van der Waals surface area contributed by atoms with Crippen LogP contribution in [-0.2, 0) is 0 Å². The van der Waals surface area contributed by atoms with E-state index in [1.54, 1.807) is 18.2 Å². The number of nitrogens with zero attached hydrogens (tertiary/aromatic N) is 3. The molecule has 0 amide bonds. The molecule has 0 N–H and O–H groups in total. The molecule has 0 aliphatic heterocycles. The molecule has 0 spiro atoms. The van der Waals surface area contributed by atoms with E-state index < -0.39 is 5.41 Å². The highest BCUT2D eigenvalue weighted by Gasteiger charge is 2.26. The molecule has 0 bridgehead atoms. The Morgan fingerprint density at radius 2 is 1.44 bits per heavy atom. The Morgan fingerprint density at radius 3 is 1.44 bits per heavy atom. The molecule has 9 heavy (non-hydrogen) atoms. The van der Waals surface area contributed by atoms with Gasteiger partial charge < -0.3 is 0 Å². The maximum Gasteiger partial charge on any atom is 0.228 e. The van der Waals surface area contributed by atoms with Crippen LogP contribution in [0.25, 0.3) is 0 Å². The fourth-order valence-corrected chi connectivity index (χ4v) is 0.243. The molecule has 0 aromatic heterocycles. The molecule has 0 aliphatic rings. The monoisotopic (exact) mass is 118 g/mol. The predicted molar refractivity (Wildman–Crippen MR) is 29.2 cm³/mol. The second kappa shape index (κ2) is 2.70. The van der Waals surface area contributed by atoms with Crippen molar-refractivity contribution < 1.29 is 0 Å². The summed E-state index contributed by atoms with van der Waals surface area (Å²) in [6.07, 6.45) is 0.0104. The summed E-state index contributed by atoms with van der Waals surface area (Å²) in [4.78, 5) is 0. The Bertz CT molecular complexity index is 174. The van der Waals surface area contributed by atoms with E-state index in [9.17, 15) is 0 Å². The van der Waals surface area contributed by atoms with Gasteiger partial charge in [-0.1, -0.05) is 0 Å². The fourth-order valence-electron chi connectivity index (χ4n) is 0.243. The second-order valence-corrected chi connectivity index (χ2v) is 1.49. The van der Waals surface area contributed by atoms with Crippen molar-refractivity contribution in [3.63, 3.8) is 0 Å². The van der Waals surface area contributed by atoms with E-state index in [1.807, 2.05) is 0 Å². The maximum absolute atomic E-state index is 8.24. The van der Waals surface area contributed by atoms with Gasteiger partial charge in [-0.25, -0.2) is 0 Å². The Hall–Kier alpha value is -1.53. The fraction of sp³-hybridized carbons (Fsp3) is 0.333. The van der Waals surface area contributed by atoms with Crippen LogP contribution >= 0.6 is 0 Å². The van der Waals surface area contributed by atoms with E-state index in [-0.39, 0.29) is 6.42 Å². The second-order valence-electron chi connectivity index (χ2n) is 1.49. The summed E-state index contributed by atoms with van der Waals surface area (Å²) in [7, 11) is 0. The summed E-state index contributed by atoms with van der Waals surface area (Å²) in [5.41, 5.74) is -1.53. The van der Waals surface area contributed by atoms with Crippen LogP contribution in [0.15, 0.2) is 0 Å². The first-order valence-electron chi connectivity index (χ1n) is 2.27. The third kappa shape index (κ3) is 1.18. The molecule has 0 unspecified atom stereocenters. The minimum atomic E-state index is -1.53. The van der Waals surface area contributed by atoms with E-state index in [0.717, 1.165) is 0 Å². The highest BCUT2D eigenvalue weighted by atomic mass is 14.4. The van der Waals surface area contributed by atoms with Gasteiger partial charge in [-0.2, -0.15) is 15.8 Å². The average molecular weight is 118 g/mol. The molecule has 1 radical (unpaired) electrons. The third-order valence-corrected chi connectivity index (χ3v) is 0.948. The summed E-state index contributed by atoms with van der Waals surface area (Å²) in [6.45, 7) is 3.30. The molecule has 0 fully saturated rings. The van der Waals surface area contributed by atoms with Gasteiger partial charge in [0.2, 0.25) is 5.41 Å². The van der Waals surface area contributed by atoms with Gasteiger partial charge in [-0.3, -0.25) is 0 Å². The van der Waals surface area contributed by atoms with E-state index >= 15 is 0 Å². The van der Waals surface area contributed by atoms with Crippen LogP contribution in [0.5, 0.6) is 0 Å². The van der Waals surface area contributed by atoms with Crippen LogP contribution in [0.3, 0.4) is 0 Å². The highest BCUT2D eigenvalue weighted by Crippen LogP contribution is 2.16. The normalized spacial score (nSPS) is 8.67. The molecular formula is C6H4N3. The highest BCUT2D eigenvalue weighted by molar-refractivity contribution is 5.25. The molecule has 0 heterocycles. The van der Waals surface area contributed by atoms with Crippen LogP contribution in [-0.4, -0.2) is 0 Å². The van der Waals surface area contributed by atoms with E-state index in [4.69, 9.17) is 15.8 Å². The van der Waals surface area contributed by atoms with Crippen molar-refractivity contribution in [3.8, 4) is 18.2 Å². The molecule has 0 atom stereocenters. The van der Waals surface area contributed by atoms with Crippen LogP contribution in [0, 0.1) is 46.3 Å². The number of nitriles is 3. The van der Waals surface area contributed by atoms with Gasteiger partial charge in [0.15, 0.2) is 0 Å². The van der Waals surface area contributed by atoms with Crippen LogP contribution in [0.2, 0.25) is 0 Å². The van der Waals surface area contributed by atoms with Gasteiger partial charge in [0, 0.05) is 0 Å². The van der Waals surface area contributed by atoms with Crippen LogP contribution in [0.4, 0.5) is 0 Å². The Kier molecular flexibility index (Phi) is 2.24. The lowest BCUT2D eigenvalue weighted by atomic mass is 9.91. The first-order chi connectivity index (χ1) is 4.24. The number of hydrogen-bond donors (Lipinski definition) is 0. The van der Waals surface area contributed by atoms with Crippen molar-refractivity contribution in [1.82, 2.24) is 0 Å². The molecule has 0 saturated carbocycles. The quantitative estimate of drug-likeness (QED) is 0.510. The molecule has 0 aromatic carbocycles. The lowest BCUT2D eigenvalue weighted by molar-refractivity contribution is 0.689. The summed E-state index contributed by atoms with van der Waals surface area (Å²) in [5, 5.41) is 24.7. The van der Waals surface area contributed by atoms with Crippen LogP contribution in [0.1, 0.15) is 6.42 Å². The SMILES string of the molecule is [CH2]CC(C#N)(C#N)C#N. The lowest BCUT2D eigenvalue weighted by Gasteiger charge is -2.00. The van der Waals surface area contributed by atoms with Crippen LogP contribution < -0.4 is 0 Å². The number of hydrogen-bond acceptors (Lipinski definition) is 3. The standard InChI is InChI=1S/C6H4N3/c1-2-6(3-7,4-8)5-9/h1-2H2. The maximum atomic E-state index is 8.24. The van der Waals surface area contributed by atoms with Crippen molar-refractivity contribution in [2.75, 3.05) is 0 Å². The zero-order chi connectivity index (χ0) is 7.33. The summed E-state index contributed by atoms with van der Waals surface area (Å²) >= 11 is 0. The molecule has 3 heteroatoms. The van der Waals surface area contributed by atoms with E-state index in [0.29, 0.717) is 0 Å².